The van der Waals surface area contributed by atoms with Gasteiger partial charge >= 0.3 is 0 Å². The van der Waals surface area contributed by atoms with Gasteiger partial charge in [0.05, 0.1) is 10.6 Å². The minimum atomic E-state index is -3.76. The number of anilines is 2. The molecule has 0 saturated carbocycles. The van der Waals surface area contributed by atoms with Crippen molar-refractivity contribution in [1.82, 2.24) is 4.31 Å². The third-order valence-electron chi connectivity index (χ3n) is 5.74. The number of hydrogen-bond acceptors (Lipinski definition) is 6. The van der Waals surface area contributed by atoms with Crippen LogP contribution in [0.1, 0.15) is 18.4 Å². The van der Waals surface area contributed by atoms with Crippen LogP contribution in [0.25, 0.3) is 0 Å². The van der Waals surface area contributed by atoms with Gasteiger partial charge in [0.1, 0.15) is 4.21 Å². The molecule has 2 N–H and O–H groups in total. The third kappa shape index (κ3) is 5.33. The lowest BCUT2D eigenvalue weighted by molar-refractivity contribution is -0.120. The zero-order valence-electron chi connectivity index (χ0n) is 18.5. The van der Waals surface area contributed by atoms with E-state index in [1.54, 1.807) is 41.8 Å². The van der Waals surface area contributed by atoms with E-state index >= 15 is 0 Å². The number of sulfonamides is 2. The predicted octanol–water partition coefficient (Wildman–Crippen LogP) is 3.90. The topological polar surface area (TPSA) is 113 Å². The Morgan fingerprint density at radius 2 is 1.62 bits per heavy atom. The molecule has 1 aromatic heterocycles. The van der Waals surface area contributed by atoms with Crippen molar-refractivity contribution in [1.29, 1.82) is 0 Å². The van der Waals surface area contributed by atoms with E-state index in [9.17, 15) is 21.6 Å². The molecule has 1 amide bonds. The van der Waals surface area contributed by atoms with Crippen LogP contribution in [0.3, 0.4) is 0 Å². The number of thiophene rings is 1. The monoisotopic (exact) mass is 519 g/mol. The number of rotatable bonds is 7. The molecule has 0 atom stereocenters. The number of benzene rings is 2. The summed E-state index contributed by atoms with van der Waals surface area (Å²) in [6.45, 7) is 2.37. The van der Waals surface area contributed by atoms with E-state index in [2.05, 4.69) is 10.0 Å². The number of nitrogens with zero attached hydrogens (tertiary/aromatic N) is 1. The number of amides is 1. The molecule has 8 nitrogen and oxygen atoms in total. The van der Waals surface area contributed by atoms with Gasteiger partial charge in [-0.2, -0.15) is 4.31 Å². The van der Waals surface area contributed by atoms with Gasteiger partial charge in [-0.15, -0.1) is 11.3 Å². The first-order chi connectivity index (χ1) is 16.2. The minimum absolute atomic E-state index is 0.0841. The molecule has 11 heteroatoms. The third-order valence-corrected chi connectivity index (χ3v) is 10.4. The summed E-state index contributed by atoms with van der Waals surface area (Å²) in [5, 5.41) is 4.53. The summed E-state index contributed by atoms with van der Waals surface area (Å²) in [4.78, 5) is 12.8. The Bertz CT molecular complexity index is 1360. The van der Waals surface area contributed by atoms with Crippen LogP contribution in [0.4, 0.5) is 11.4 Å². The van der Waals surface area contributed by atoms with Crippen LogP contribution < -0.4 is 10.0 Å². The molecule has 1 aliphatic heterocycles. The average Bonchev–Trinajstić information content (AvgIpc) is 3.37. The number of carbonyl (C=O) groups excluding carboxylic acids is 1. The van der Waals surface area contributed by atoms with Crippen molar-refractivity contribution in [3.63, 3.8) is 0 Å². The van der Waals surface area contributed by atoms with Crippen LogP contribution in [0, 0.1) is 12.8 Å². The van der Waals surface area contributed by atoms with Crippen molar-refractivity contribution in [2.45, 2.75) is 28.9 Å². The Kier molecular flexibility index (Phi) is 7.08. The van der Waals surface area contributed by atoms with Gasteiger partial charge in [-0.05, 0) is 67.1 Å². The van der Waals surface area contributed by atoms with Crippen LogP contribution in [0.5, 0.6) is 0 Å². The van der Waals surface area contributed by atoms with Crippen molar-refractivity contribution >= 4 is 48.7 Å². The standard InChI is InChI=1S/C23H25N3O5S3/c1-17-5-2-3-6-21(17)25-33(28,29)20-10-8-19(9-11-20)24-23(27)18-12-14-26(15-13-18)34(30,31)22-7-4-16-32-22/h2-11,16,18,25H,12-15H2,1H3,(H,24,27). The van der Waals surface area contributed by atoms with E-state index in [-0.39, 0.29) is 29.8 Å². The molecule has 1 aliphatic rings. The number of para-hydroxylation sites is 1. The highest BCUT2D eigenvalue weighted by Crippen LogP contribution is 2.27. The Morgan fingerprint density at radius 3 is 2.24 bits per heavy atom. The van der Waals surface area contributed by atoms with Crippen molar-refractivity contribution in [2.24, 2.45) is 5.92 Å². The zero-order valence-corrected chi connectivity index (χ0v) is 20.9. The van der Waals surface area contributed by atoms with Gasteiger partial charge in [-0.1, -0.05) is 24.3 Å². The second-order valence-electron chi connectivity index (χ2n) is 8.04. The summed E-state index contributed by atoms with van der Waals surface area (Å²) >= 11 is 1.18. The first kappa shape index (κ1) is 24.4. The summed E-state index contributed by atoms with van der Waals surface area (Å²) in [5.41, 5.74) is 1.80. The van der Waals surface area contributed by atoms with Gasteiger partial charge in [-0.3, -0.25) is 9.52 Å². The van der Waals surface area contributed by atoms with E-state index in [0.29, 0.717) is 28.4 Å². The lowest BCUT2D eigenvalue weighted by Gasteiger charge is -2.30. The molecule has 1 saturated heterocycles. The molecule has 0 bridgehead atoms. The molecular formula is C23H25N3O5S3. The second-order valence-corrected chi connectivity index (χ2v) is 12.8. The molecule has 2 aromatic carbocycles. The summed E-state index contributed by atoms with van der Waals surface area (Å²) in [6, 6.07) is 16.3. The number of carbonyl (C=O) groups is 1. The van der Waals surface area contributed by atoms with Crippen molar-refractivity contribution in [3.8, 4) is 0 Å². The SMILES string of the molecule is Cc1ccccc1NS(=O)(=O)c1ccc(NC(=O)C2CCN(S(=O)(=O)c3cccs3)CC2)cc1. The highest BCUT2D eigenvalue weighted by molar-refractivity contribution is 7.92. The van der Waals surface area contributed by atoms with Gasteiger partial charge < -0.3 is 5.32 Å². The molecule has 1 fully saturated rings. The minimum Gasteiger partial charge on any atom is -0.326 e. The van der Waals surface area contributed by atoms with Gasteiger partial charge in [0.25, 0.3) is 20.0 Å². The first-order valence-corrected chi connectivity index (χ1v) is 14.5. The molecule has 0 radical (unpaired) electrons. The molecule has 3 aromatic rings. The Hall–Kier alpha value is -2.73. The maximum atomic E-state index is 12.7. The Balaban J connectivity index is 1.35. The zero-order chi connectivity index (χ0) is 24.3. The molecule has 0 spiro atoms. The van der Waals surface area contributed by atoms with Crippen LogP contribution in [0.2, 0.25) is 0 Å². The predicted molar refractivity (Wildman–Crippen MR) is 133 cm³/mol. The van der Waals surface area contributed by atoms with Gasteiger partial charge in [0.15, 0.2) is 0 Å². The number of aryl methyl sites for hydroxylation is 1. The molecule has 34 heavy (non-hydrogen) atoms. The maximum absolute atomic E-state index is 12.7. The van der Waals surface area contributed by atoms with Crippen LogP contribution in [-0.2, 0) is 24.8 Å². The number of nitrogens with one attached hydrogen (secondary N) is 2. The fourth-order valence-corrected chi connectivity index (χ4v) is 7.49. The van der Waals surface area contributed by atoms with Crippen LogP contribution >= 0.6 is 11.3 Å². The highest BCUT2D eigenvalue weighted by atomic mass is 32.2. The van der Waals surface area contributed by atoms with Gasteiger partial charge in [0.2, 0.25) is 5.91 Å². The maximum Gasteiger partial charge on any atom is 0.261 e. The van der Waals surface area contributed by atoms with E-state index < -0.39 is 20.0 Å². The largest absolute Gasteiger partial charge is 0.326 e. The fraction of sp³-hybridized carbons (Fsp3) is 0.261. The van der Waals surface area contributed by atoms with E-state index in [1.165, 1.54) is 27.8 Å². The van der Waals surface area contributed by atoms with Crippen molar-refractivity contribution in [2.75, 3.05) is 23.1 Å². The number of hydrogen-bond donors (Lipinski definition) is 2. The summed E-state index contributed by atoms with van der Waals surface area (Å²) in [6.07, 6.45) is 0.840. The lowest BCUT2D eigenvalue weighted by Crippen LogP contribution is -2.41. The van der Waals surface area contributed by atoms with Crippen LogP contribution in [0.15, 0.2) is 75.1 Å². The summed E-state index contributed by atoms with van der Waals surface area (Å²) < 4.78 is 55.0. The molecule has 2 heterocycles. The lowest BCUT2D eigenvalue weighted by atomic mass is 9.97. The van der Waals surface area contributed by atoms with Crippen molar-refractivity contribution in [3.05, 3.63) is 71.6 Å². The number of piperidine rings is 1. The van der Waals surface area contributed by atoms with E-state index in [0.717, 1.165) is 5.56 Å². The molecule has 180 valence electrons. The normalized spacial score (nSPS) is 15.7. The highest BCUT2D eigenvalue weighted by Gasteiger charge is 2.32. The van der Waals surface area contributed by atoms with E-state index in [1.807, 2.05) is 19.1 Å². The summed E-state index contributed by atoms with van der Waals surface area (Å²) in [7, 11) is -7.28. The van der Waals surface area contributed by atoms with Crippen LogP contribution in [-0.4, -0.2) is 40.1 Å². The van der Waals surface area contributed by atoms with E-state index in [4.69, 9.17) is 0 Å². The quantitative estimate of drug-likeness (QED) is 0.492. The molecule has 0 aliphatic carbocycles. The first-order valence-electron chi connectivity index (χ1n) is 10.7. The fourth-order valence-electron chi connectivity index (χ4n) is 3.75. The average molecular weight is 520 g/mol. The molecular weight excluding hydrogens is 494 g/mol. The Labute approximate surface area is 203 Å². The smallest absolute Gasteiger partial charge is 0.261 e. The van der Waals surface area contributed by atoms with Gasteiger partial charge in [-0.25, -0.2) is 16.8 Å². The Morgan fingerprint density at radius 1 is 0.941 bits per heavy atom. The molecule has 0 unspecified atom stereocenters. The van der Waals surface area contributed by atoms with Gasteiger partial charge in [0, 0.05) is 24.7 Å². The summed E-state index contributed by atoms with van der Waals surface area (Å²) in [5.74, 6) is -0.525. The second kappa shape index (κ2) is 9.87. The van der Waals surface area contributed by atoms with Crippen molar-refractivity contribution < 1.29 is 21.6 Å². The molecule has 4 rings (SSSR count).